The first-order valence-electron chi connectivity index (χ1n) is 12.0. The molecule has 1 aromatic heterocycles. The van der Waals surface area contributed by atoms with Crippen molar-refractivity contribution in [1.29, 1.82) is 5.26 Å². The van der Waals surface area contributed by atoms with Crippen LogP contribution in [0.2, 0.25) is 0 Å². The lowest BCUT2D eigenvalue weighted by molar-refractivity contribution is 0.358. The lowest BCUT2D eigenvalue weighted by Gasteiger charge is -2.33. The average Bonchev–Trinajstić information content (AvgIpc) is 2.89. The van der Waals surface area contributed by atoms with E-state index >= 15 is 0 Å². The molecule has 2 heterocycles. The number of methoxy groups -OCH3 is 1. The molecule has 1 saturated heterocycles. The minimum absolute atomic E-state index is 0.403. The van der Waals surface area contributed by atoms with Crippen molar-refractivity contribution >= 4 is 28.4 Å². The fraction of sp³-hybridized carbons (Fsp3) is 0.241. The molecular weight excluding hydrogens is 452 g/mol. The number of piperidine rings is 1. The normalized spacial score (nSPS) is 15.4. The molecule has 4 aromatic rings. The molecule has 3 aliphatic rings. The van der Waals surface area contributed by atoms with Crippen LogP contribution in [-0.2, 0) is 6.42 Å². The molecule has 1 N–H and O–H groups in total. The van der Waals surface area contributed by atoms with Gasteiger partial charge in [-0.15, -0.1) is 0 Å². The zero-order valence-corrected chi connectivity index (χ0v) is 20.4. The molecule has 0 unspecified atom stereocenters. The van der Waals surface area contributed by atoms with Gasteiger partial charge in [0.1, 0.15) is 5.75 Å². The van der Waals surface area contributed by atoms with E-state index in [1.165, 1.54) is 16.0 Å². The number of nitriles is 1. The van der Waals surface area contributed by atoms with Gasteiger partial charge in [0.25, 0.3) is 0 Å². The Morgan fingerprint density at radius 1 is 1.06 bits per heavy atom. The lowest BCUT2D eigenvalue weighted by Crippen LogP contribution is -2.35. The number of fused-ring (bicyclic) bond motifs is 3. The number of benzene rings is 3. The fourth-order valence-corrected chi connectivity index (χ4v) is 6.07. The SMILES string of the molecule is COc1cc(SN2CCC(Nc3cc(-c4cccc(C#N)c4)cc4ccncc34)CC2)c2cc1C2. The molecule has 1 aliphatic heterocycles. The molecule has 35 heavy (non-hydrogen) atoms. The Hall–Kier alpha value is -3.53. The summed E-state index contributed by atoms with van der Waals surface area (Å²) in [7, 11) is 1.75. The predicted octanol–water partition coefficient (Wildman–Crippen LogP) is 6.27. The highest BCUT2D eigenvalue weighted by Crippen LogP contribution is 2.41. The van der Waals surface area contributed by atoms with Crippen molar-refractivity contribution in [2.45, 2.75) is 30.2 Å². The first kappa shape index (κ1) is 22.0. The number of rotatable bonds is 6. The van der Waals surface area contributed by atoms with Crippen LogP contribution in [0.1, 0.15) is 29.5 Å². The van der Waals surface area contributed by atoms with Crippen molar-refractivity contribution in [3.05, 3.63) is 83.7 Å². The zero-order valence-electron chi connectivity index (χ0n) is 19.6. The fourth-order valence-electron chi connectivity index (χ4n) is 4.99. The van der Waals surface area contributed by atoms with E-state index in [-0.39, 0.29) is 0 Å². The molecule has 3 aromatic carbocycles. The van der Waals surface area contributed by atoms with Gasteiger partial charge < -0.3 is 10.1 Å². The third-order valence-electron chi connectivity index (χ3n) is 6.97. The molecule has 174 valence electrons. The lowest BCUT2D eigenvalue weighted by atomic mass is 9.92. The van der Waals surface area contributed by atoms with Gasteiger partial charge in [0.2, 0.25) is 0 Å². The van der Waals surface area contributed by atoms with Gasteiger partial charge in [-0.25, -0.2) is 4.31 Å². The van der Waals surface area contributed by atoms with Crippen LogP contribution in [-0.4, -0.2) is 35.5 Å². The van der Waals surface area contributed by atoms with Gasteiger partial charge >= 0.3 is 0 Å². The highest BCUT2D eigenvalue weighted by Gasteiger charge is 2.25. The summed E-state index contributed by atoms with van der Waals surface area (Å²) >= 11 is 1.87. The second-order valence-corrected chi connectivity index (χ2v) is 10.3. The van der Waals surface area contributed by atoms with E-state index in [2.05, 4.69) is 57.1 Å². The van der Waals surface area contributed by atoms with Crippen LogP contribution in [0.25, 0.3) is 21.9 Å². The summed E-state index contributed by atoms with van der Waals surface area (Å²) in [6, 6.07) is 21.3. The second kappa shape index (κ2) is 9.26. The first-order valence-corrected chi connectivity index (χ1v) is 12.7. The van der Waals surface area contributed by atoms with E-state index in [1.54, 1.807) is 7.11 Å². The standard InChI is InChI=1S/C29H26N4OS/c1-34-28-16-29(24-13-23(28)14-24)35-33-9-6-25(7-10-33)32-27-15-22(12-21-5-8-31-18-26(21)27)20-4-2-3-19(11-20)17-30/h2-5,8,11-13,15-16,18,25,32H,6-7,9-10,14H2,1H3. The highest BCUT2D eigenvalue weighted by atomic mass is 32.2. The monoisotopic (exact) mass is 478 g/mol. The Morgan fingerprint density at radius 3 is 2.71 bits per heavy atom. The predicted molar refractivity (Wildman–Crippen MR) is 142 cm³/mol. The van der Waals surface area contributed by atoms with Crippen LogP contribution in [0.3, 0.4) is 0 Å². The molecular formula is C29H26N4OS. The van der Waals surface area contributed by atoms with Gasteiger partial charge in [-0.2, -0.15) is 5.26 Å². The van der Waals surface area contributed by atoms with Crippen molar-refractivity contribution in [2.75, 3.05) is 25.5 Å². The summed E-state index contributed by atoms with van der Waals surface area (Å²) in [5.41, 5.74) is 6.69. The maximum atomic E-state index is 9.33. The van der Waals surface area contributed by atoms with Gasteiger partial charge in [0, 0.05) is 53.9 Å². The first-order chi connectivity index (χ1) is 17.2. The van der Waals surface area contributed by atoms with Crippen LogP contribution in [0.15, 0.2) is 71.9 Å². The number of hydrogen-bond donors (Lipinski definition) is 1. The van der Waals surface area contributed by atoms with E-state index in [0.29, 0.717) is 11.6 Å². The number of hydrogen-bond acceptors (Lipinski definition) is 6. The molecule has 2 aliphatic carbocycles. The number of ether oxygens (including phenoxy) is 1. The summed E-state index contributed by atoms with van der Waals surface area (Å²) in [5.74, 6) is 1.01. The van der Waals surface area contributed by atoms with E-state index in [1.807, 2.05) is 42.5 Å². The van der Waals surface area contributed by atoms with E-state index < -0.39 is 0 Å². The molecule has 6 heteroatoms. The number of nitrogens with one attached hydrogen (secondary N) is 1. The Bertz CT molecular complexity index is 1450. The summed E-state index contributed by atoms with van der Waals surface area (Å²) in [4.78, 5) is 5.70. The molecule has 2 bridgehead atoms. The van der Waals surface area contributed by atoms with Gasteiger partial charge in [-0.3, -0.25) is 4.98 Å². The maximum absolute atomic E-state index is 9.33. The third-order valence-corrected chi connectivity index (χ3v) is 8.17. The summed E-state index contributed by atoms with van der Waals surface area (Å²) in [6.07, 6.45) is 6.97. The largest absolute Gasteiger partial charge is 0.496 e. The third kappa shape index (κ3) is 4.34. The molecule has 0 radical (unpaired) electrons. The van der Waals surface area contributed by atoms with Crippen molar-refractivity contribution in [3.8, 4) is 22.9 Å². The summed E-state index contributed by atoms with van der Waals surface area (Å²) in [5, 5.41) is 15.4. The molecule has 1 fully saturated rings. The number of anilines is 1. The Labute approximate surface area is 209 Å². The van der Waals surface area contributed by atoms with Gasteiger partial charge in [0.05, 0.1) is 18.7 Å². The van der Waals surface area contributed by atoms with Crippen LogP contribution in [0.5, 0.6) is 5.75 Å². The number of nitrogens with zero attached hydrogens (tertiary/aromatic N) is 3. The zero-order chi connectivity index (χ0) is 23.8. The summed E-state index contributed by atoms with van der Waals surface area (Å²) in [6.45, 7) is 2.07. The van der Waals surface area contributed by atoms with Gasteiger partial charge in [-0.1, -0.05) is 18.2 Å². The molecule has 5 nitrogen and oxygen atoms in total. The second-order valence-electron chi connectivity index (χ2n) is 9.20. The van der Waals surface area contributed by atoms with Crippen LogP contribution >= 0.6 is 11.9 Å². The van der Waals surface area contributed by atoms with Crippen LogP contribution < -0.4 is 10.1 Å². The van der Waals surface area contributed by atoms with Gasteiger partial charge in [0.15, 0.2) is 0 Å². The minimum Gasteiger partial charge on any atom is -0.496 e. The van der Waals surface area contributed by atoms with E-state index in [9.17, 15) is 5.26 Å². The van der Waals surface area contributed by atoms with Gasteiger partial charge in [-0.05, 0) is 88.8 Å². The summed E-state index contributed by atoms with van der Waals surface area (Å²) < 4.78 is 8.01. The van der Waals surface area contributed by atoms with Crippen molar-refractivity contribution in [1.82, 2.24) is 9.29 Å². The quantitative estimate of drug-likeness (QED) is 0.290. The molecule has 0 spiro atoms. The van der Waals surface area contributed by atoms with Crippen LogP contribution in [0, 0.1) is 11.3 Å². The topological polar surface area (TPSA) is 61.2 Å². The van der Waals surface area contributed by atoms with Crippen LogP contribution in [0.4, 0.5) is 5.69 Å². The number of pyridine rings is 1. The van der Waals surface area contributed by atoms with Crippen molar-refractivity contribution < 1.29 is 4.74 Å². The Balaban J connectivity index is 1.19. The number of aromatic nitrogens is 1. The smallest absolute Gasteiger partial charge is 0.123 e. The van der Waals surface area contributed by atoms with E-state index in [0.717, 1.165) is 65.7 Å². The van der Waals surface area contributed by atoms with Crippen molar-refractivity contribution in [3.63, 3.8) is 0 Å². The maximum Gasteiger partial charge on any atom is 0.123 e. The molecule has 7 rings (SSSR count). The Kier molecular flexibility index (Phi) is 5.81. The molecule has 0 atom stereocenters. The van der Waals surface area contributed by atoms with E-state index in [4.69, 9.17) is 4.74 Å². The minimum atomic E-state index is 0.403. The molecule has 0 amide bonds. The molecule has 0 saturated carbocycles. The average molecular weight is 479 g/mol. The highest BCUT2D eigenvalue weighted by molar-refractivity contribution is 7.97. The van der Waals surface area contributed by atoms with Crippen molar-refractivity contribution in [2.24, 2.45) is 0 Å². The Morgan fingerprint density at radius 2 is 1.91 bits per heavy atom.